The molecule has 2 rings (SSSR count). The Bertz CT molecular complexity index is 235. The first-order valence-electron chi connectivity index (χ1n) is 4.15. The summed E-state index contributed by atoms with van der Waals surface area (Å²) in [4.78, 5) is 2.49. The summed E-state index contributed by atoms with van der Waals surface area (Å²) < 4.78 is 0. The van der Waals surface area contributed by atoms with Crippen molar-refractivity contribution in [3.63, 3.8) is 0 Å². The molecule has 0 bridgehead atoms. The minimum Gasteiger partial charge on any atom is -0.371 e. The Hall–Kier alpha value is -0.500. The van der Waals surface area contributed by atoms with Gasteiger partial charge in [-0.3, -0.25) is 0 Å². The Morgan fingerprint density at radius 3 is 2.55 bits per heavy atom. The lowest BCUT2D eigenvalue weighted by Gasteiger charge is -2.16. The number of hydrogen-bond acceptors (Lipinski definition) is 2. The zero-order valence-corrected chi connectivity index (χ0v) is 7.66. The second-order valence-electron chi connectivity index (χ2n) is 3.13. The van der Waals surface area contributed by atoms with Crippen molar-refractivity contribution < 1.29 is 0 Å². The highest BCUT2D eigenvalue weighted by Gasteiger charge is 2.13. The van der Waals surface area contributed by atoms with Gasteiger partial charge in [-0.15, -0.1) is 11.3 Å². The Morgan fingerprint density at radius 2 is 2.00 bits per heavy atom. The van der Waals surface area contributed by atoms with Gasteiger partial charge in [0.1, 0.15) is 0 Å². The fraction of sp³-hybridized carbons (Fsp3) is 0.556. The van der Waals surface area contributed by atoms with E-state index in [2.05, 4.69) is 22.6 Å². The van der Waals surface area contributed by atoms with Crippen LogP contribution in [0.25, 0.3) is 0 Å². The molecule has 1 aromatic heterocycles. The Morgan fingerprint density at radius 1 is 1.27 bits per heavy atom. The molecular formula is C9H13NS. The van der Waals surface area contributed by atoms with Crippen LogP contribution < -0.4 is 4.90 Å². The summed E-state index contributed by atoms with van der Waals surface area (Å²) in [5, 5.41) is 4.49. The van der Waals surface area contributed by atoms with Gasteiger partial charge in [0.2, 0.25) is 0 Å². The van der Waals surface area contributed by atoms with E-state index in [1.807, 2.05) is 11.3 Å². The molecule has 0 radical (unpaired) electrons. The molecule has 0 saturated carbocycles. The maximum absolute atomic E-state index is 2.49. The van der Waals surface area contributed by atoms with E-state index in [1.54, 1.807) is 0 Å². The highest BCUT2D eigenvalue weighted by molar-refractivity contribution is 7.08. The zero-order valence-electron chi connectivity index (χ0n) is 6.84. The zero-order chi connectivity index (χ0) is 7.68. The third-order valence-electron chi connectivity index (χ3n) is 2.28. The average Bonchev–Trinajstić information content (AvgIpc) is 2.55. The fourth-order valence-electron chi connectivity index (χ4n) is 1.64. The summed E-state index contributed by atoms with van der Waals surface area (Å²) in [7, 11) is 0. The van der Waals surface area contributed by atoms with E-state index < -0.39 is 0 Å². The number of anilines is 1. The van der Waals surface area contributed by atoms with Crippen LogP contribution in [0.3, 0.4) is 0 Å². The van der Waals surface area contributed by atoms with Gasteiger partial charge in [0.05, 0.1) is 5.69 Å². The van der Waals surface area contributed by atoms with Crippen LogP contribution in [0, 0.1) is 6.92 Å². The van der Waals surface area contributed by atoms with E-state index in [-0.39, 0.29) is 0 Å². The molecule has 60 valence electrons. The van der Waals surface area contributed by atoms with Crippen LogP contribution in [0.2, 0.25) is 0 Å². The molecule has 1 saturated heterocycles. The first-order valence-corrected chi connectivity index (χ1v) is 5.10. The van der Waals surface area contributed by atoms with Gasteiger partial charge in [-0.05, 0) is 30.7 Å². The lowest BCUT2D eigenvalue weighted by molar-refractivity contribution is 0.949. The highest BCUT2D eigenvalue weighted by Crippen LogP contribution is 2.26. The van der Waals surface area contributed by atoms with E-state index in [4.69, 9.17) is 0 Å². The molecule has 0 aromatic carbocycles. The number of nitrogens with zero attached hydrogens (tertiary/aromatic N) is 1. The Labute approximate surface area is 71.7 Å². The molecule has 0 unspecified atom stereocenters. The average molecular weight is 167 g/mol. The van der Waals surface area contributed by atoms with Gasteiger partial charge in [0, 0.05) is 18.5 Å². The van der Waals surface area contributed by atoms with Crippen molar-refractivity contribution in [2.75, 3.05) is 18.0 Å². The van der Waals surface area contributed by atoms with Crippen LogP contribution in [0.1, 0.15) is 18.4 Å². The molecule has 1 nitrogen and oxygen atoms in total. The molecule has 0 amide bonds. The van der Waals surface area contributed by atoms with Crippen LogP contribution in [-0.2, 0) is 0 Å². The van der Waals surface area contributed by atoms with Gasteiger partial charge in [-0.25, -0.2) is 0 Å². The molecule has 1 aromatic rings. The molecule has 1 aliphatic heterocycles. The maximum Gasteiger partial charge on any atom is 0.0504 e. The monoisotopic (exact) mass is 167 g/mol. The lowest BCUT2D eigenvalue weighted by atomic mass is 10.3. The van der Waals surface area contributed by atoms with Gasteiger partial charge < -0.3 is 4.90 Å². The van der Waals surface area contributed by atoms with Crippen LogP contribution >= 0.6 is 11.3 Å². The molecule has 1 fully saturated rings. The largest absolute Gasteiger partial charge is 0.371 e. The molecule has 0 aliphatic carbocycles. The Kier molecular flexibility index (Phi) is 1.86. The molecule has 1 aliphatic rings. The molecule has 2 heteroatoms. The minimum atomic E-state index is 1.26. The fourth-order valence-corrected chi connectivity index (χ4v) is 2.49. The SMILES string of the molecule is Cc1cscc1N1CCCC1. The van der Waals surface area contributed by atoms with Gasteiger partial charge in [0.15, 0.2) is 0 Å². The van der Waals surface area contributed by atoms with Crippen molar-refractivity contribution in [2.45, 2.75) is 19.8 Å². The van der Waals surface area contributed by atoms with Gasteiger partial charge >= 0.3 is 0 Å². The van der Waals surface area contributed by atoms with Crippen molar-refractivity contribution in [3.05, 3.63) is 16.3 Å². The number of hydrogen-bond donors (Lipinski definition) is 0. The number of aryl methyl sites for hydroxylation is 1. The third kappa shape index (κ3) is 1.27. The van der Waals surface area contributed by atoms with Crippen molar-refractivity contribution in [1.82, 2.24) is 0 Å². The molecule has 0 atom stereocenters. The summed E-state index contributed by atoms with van der Waals surface area (Å²) >= 11 is 1.81. The van der Waals surface area contributed by atoms with Crippen molar-refractivity contribution in [1.29, 1.82) is 0 Å². The third-order valence-corrected chi connectivity index (χ3v) is 3.12. The standard InChI is InChI=1S/C9H13NS/c1-8-6-11-7-9(8)10-4-2-3-5-10/h6-7H,2-5H2,1H3. The topological polar surface area (TPSA) is 3.24 Å². The van der Waals surface area contributed by atoms with E-state index >= 15 is 0 Å². The first kappa shape index (κ1) is 7.17. The first-order chi connectivity index (χ1) is 5.38. The highest BCUT2D eigenvalue weighted by atomic mass is 32.1. The quantitative estimate of drug-likeness (QED) is 0.621. The van der Waals surface area contributed by atoms with Gasteiger partial charge in [-0.2, -0.15) is 0 Å². The molecule has 0 N–H and O–H groups in total. The number of rotatable bonds is 1. The maximum atomic E-state index is 2.49. The van der Waals surface area contributed by atoms with Gasteiger partial charge in [0.25, 0.3) is 0 Å². The second kappa shape index (κ2) is 2.86. The van der Waals surface area contributed by atoms with Gasteiger partial charge in [-0.1, -0.05) is 0 Å². The van der Waals surface area contributed by atoms with Crippen molar-refractivity contribution >= 4 is 17.0 Å². The van der Waals surface area contributed by atoms with Crippen LogP contribution in [0.15, 0.2) is 10.8 Å². The summed E-state index contributed by atoms with van der Waals surface area (Å²) in [6.45, 7) is 4.72. The molecule has 11 heavy (non-hydrogen) atoms. The summed E-state index contributed by atoms with van der Waals surface area (Å²) in [5.74, 6) is 0. The van der Waals surface area contributed by atoms with E-state index in [1.165, 1.54) is 37.2 Å². The lowest BCUT2D eigenvalue weighted by Crippen LogP contribution is -2.17. The predicted octanol–water partition coefficient (Wildman–Crippen LogP) is 2.66. The second-order valence-corrected chi connectivity index (χ2v) is 3.88. The van der Waals surface area contributed by atoms with Crippen LogP contribution in [0.4, 0.5) is 5.69 Å². The van der Waals surface area contributed by atoms with E-state index in [9.17, 15) is 0 Å². The van der Waals surface area contributed by atoms with Crippen LogP contribution in [-0.4, -0.2) is 13.1 Å². The number of thiophene rings is 1. The molecule has 2 heterocycles. The van der Waals surface area contributed by atoms with Crippen molar-refractivity contribution in [3.8, 4) is 0 Å². The molecular weight excluding hydrogens is 154 g/mol. The van der Waals surface area contributed by atoms with Crippen LogP contribution in [0.5, 0.6) is 0 Å². The minimum absolute atomic E-state index is 1.26. The normalized spacial score (nSPS) is 17.7. The summed E-state index contributed by atoms with van der Waals surface area (Å²) in [5.41, 5.74) is 2.91. The van der Waals surface area contributed by atoms with Crippen molar-refractivity contribution in [2.24, 2.45) is 0 Å². The summed E-state index contributed by atoms with van der Waals surface area (Å²) in [6, 6.07) is 0. The smallest absolute Gasteiger partial charge is 0.0504 e. The van der Waals surface area contributed by atoms with E-state index in [0.29, 0.717) is 0 Å². The Balaban J connectivity index is 2.21. The summed E-state index contributed by atoms with van der Waals surface area (Å²) in [6.07, 6.45) is 2.74. The molecule has 0 spiro atoms. The predicted molar refractivity (Wildman–Crippen MR) is 50.5 cm³/mol. The van der Waals surface area contributed by atoms with E-state index in [0.717, 1.165) is 0 Å².